The number of nitrogens with zero attached hydrogens (tertiary/aromatic N) is 1. The third-order valence-electron chi connectivity index (χ3n) is 4.61. The van der Waals surface area contributed by atoms with Crippen molar-refractivity contribution in [1.29, 1.82) is 0 Å². The Kier molecular flexibility index (Phi) is 5.18. The Labute approximate surface area is 171 Å². The quantitative estimate of drug-likeness (QED) is 0.279. The van der Waals surface area contributed by atoms with E-state index in [1.165, 1.54) is 23.9 Å². The summed E-state index contributed by atoms with van der Waals surface area (Å²) in [6.07, 6.45) is 3.64. The molecule has 1 amide bonds. The summed E-state index contributed by atoms with van der Waals surface area (Å²) in [5.41, 5.74) is 2.84. The molecule has 0 saturated carbocycles. The molecule has 2 aromatic carbocycles. The van der Waals surface area contributed by atoms with Crippen LogP contribution in [0, 0.1) is 5.82 Å². The fourth-order valence-electron chi connectivity index (χ4n) is 3.24. The van der Waals surface area contributed by atoms with Crippen LogP contribution >= 0.6 is 11.8 Å². The molecule has 0 atom stereocenters. The summed E-state index contributed by atoms with van der Waals surface area (Å²) in [4.78, 5) is 26.9. The van der Waals surface area contributed by atoms with Crippen LogP contribution in [0.2, 0.25) is 0 Å². The van der Waals surface area contributed by atoms with Crippen LogP contribution in [-0.2, 0) is 4.79 Å². The molecule has 6 heteroatoms. The number of anilines is 1. The molecule has 0 spiro atoms. The third-order valence-corrected chi connectivity index (χ3v) is 5.41. The van der Waals surface area contributed by atoms with Crippen LogP contribution in [-0.4, -0.2) is 22.3 Å². The number of para-hydroxylation sites is 1. The predicted molar refractivity (Wildman–Crippen MR) is 114 cm³/mol. The number of ketones is 1. The highest BCUT2D eigenvalue weighted by atomic mass is 32.2. The van der Waals surface area contributed by atoms with Crippen LogP contribution in [0.4, 0.5) is 10.1 Å². The number of hydrogen-bond donors (Lipinski definition) is 1. The molecule has 0 aliphatic heterocycles. The summed E-state index contributed by atoms with van der Waals surface area (Å²) in [7, 11) is 0. The zero-order valence-corrected chi connectivity index (χ0v) is 16.4. The molecular weight excluding hydrogens is 387 g/mol. The van der Waals surface area contributed by atoms with Gasteiger partial charge in [0.05, 0.1) is 5.69 Å². The first kappa shape index (κ1) is 19.0. The zero-order valence-electron chi connectivity index (χ0n) is 15.6. The van der Waals surface area contributed by atoms with Gasteiger partial charge < -0.3 is 9.72 Å². The van der Waals surface area contributed by atoms with Gasteiger partial charge in [0.1, 0.15) is 11.5 Å². The van der Waals surface area contributed by atoms with Crippen molar-refractivity contribution in [2.24, 2.45) is 0 Å². The third kappa shape index (κ3) is 3.67. The molecule has 144 valence electrons. The smallest absolute Gasteiger partial charge is 0.298 e. The highest BCUT2D eigenvalue weighted by Gasteiger charge is 2.25. The van der Waals surface area contributed by atoms with Crippen molar-refractivity contribution in [1.82, 2.24) is 4.40 Å². The second kappa shape index (κ2) is 7.93. The highest BCUT2D eigenvalue weighted by Crippen LogP contribution is 2.29. The maximum absolute atomic E-state index is 13.4. The number of rotatable bonds is 5. The molecule has 4 nitrogen and oxygen atoms in total. The van der Waals surface area contributed by atoms with Crippen LogP contribution in [0.5, 0.6) is 0 Å². The van der Waals surface area contributed by atoms with Crippen molar-refractivity contribution in [3.63, 3.8) is 0 Å². The molecule has 2 heterocycles. The van der Waals surface area contributed by atoms with Gasteiger partial charge in [-0.2, -0.15) is 0 Å². The molecule has 1 N–H and O–H groups in total. The first-order chi connectivity index (χ1) is 14.1. The standard InChI is InChI=1S/C23H17FN2O2S/c1-29-20-8-3-2-7-19(20)25-23(28)22(27)21-18(15-9-11-16(24)12-10-15)14-17-6-4-5-13-26(17)21/h2-14H,1H3,(H,25,28). The monoisotopic (exact) mass is 404 g/mol. The van der Waals surface area contributed by atoms with Gasteiger partial charge in [-0.25, -0.2) is 4.39 Å². The maximum atomic E-state index is 13.4. The average Bonchev–Trinajstić information content (AvgIpc) is 3.13. The molecule has 0 unspecified atom stereocenters. The number of hydrogen-bond acceptors (Lipinski definition) is 3. The summed E-state index contributed by atoms with van der Waals surface area (Å²) in [5, 5.41) is 2.72. The number of carbonyl (C=O) groups excluding carboxylic acids is 2. The molecule has 4 aromatic rings. The predicted octanol–water partition coefficient (Wildman–Crippen LogP) is 5.29. The van der Waals surface area contributed by atoms with E-state index >= 15 is 0 Å². The van der Waals surface area contributed by atoms with E-state index < -0.39 is 11.7 Å². The second-order valence-corrected chi connectivity index (χ2v) is 7.24. The number of carbonyl (C=O) groups is 2. The summed E-state index contributed by atoms with van der Waals surface area (Å²) in [5.74, 6) is -1.75. The minimum atomic E-state index is -0.723. The van der Waals surface area contributed by atoms with Crippen LogP contribution in [0.25, 0.3) is 16.6 Å². The lowest BCUT2D eigenvalue weighted by Gasteiger charge is -2.10. The van der Waals surface area contributed by atoms with E-state index in [-0.39, 0.29) is 11.5 Å². The SMILES string of the molecule is CSc1ccccc1NC(=O)C(=O)c1c(-c2ccc(F)cc2)cc2ccccn12. The number of aromatic nitrogens is 1. The Morgan fingerprint density at radius 1 is 0.966 bits per heavy atom. The molecule has 4 rings (SSSR count). The van der Waals surface area contributed by atoms with Gasteiger partial charge in [0, 0.05) is 22.2 Å². The van der Waals surface area contributed by atoms with Crippen LogP contribution in [0.1, 0.15) is 10.5 Å². The molecular formula is C23H17FN2O2S. The normalized spacial score (nSPS) is 10.8. The first-order valence-corrected chi connectivity index (χ1v) is 10.2. The van der Waals surface area contributed by atoms with E-state index in [2.05, 4.69) is 5.32 Å². The molecule has 29 heavy (non-hydrogen) atoms. The van der Waals surface area contributed by atoms with Gasteiger partial charge in [-0.15, -0.1) is 11.8 Å². The minimum Gasteiger partial charge on any atom is -0.318 e. The number of Topliss-reactive ketones (excluding diaryl/α,β-unsaturated/α-hetero) is 1. The molecule has 0 bridgehead atoms. The van der Waals surface area contributed by atoms with E-state index in [9.17, 15) is 14.0 Å². The molecule has 2 aromatic heterocycles. The number of amides is 1. The van der Waals surface area contributed by atoms with E-state index in [1.807, 2.05) is 36.6 Å². The van der Waals surface area contributed by atoms with Crippen molar-refractivity contribution in [3.05, 3.63) is 90.5 Å². The summed E-state index contributed by atoms with van der Waals surface area (Å²) < 4.78 is 15.1. The average molecular weight is 404 g/mol. The van der Waals surface area contributed by atoms with E-state index in [4.69, 9.17) is 0 Å². The number of thioether (sulfide) groups is 1. The summed E-state index contributed by atoms with van der Waals surface area (Å²) >= 11 is 1.48. The van der Waals surface area contributed by atoms with E-state index in [0.29, 0.717) is 16.8 Å². The first-order valence-electron chi connectivity index (χ1n) is 8.93. The zero-order chi connectivity index (χ0) is 20.4. The lowest BCUT2D eigenvalue weighted by atomic mass is 10.0. The van der Waals surface area contributed by atoms with Gasteiger partial charge in [-0.05, 0) is 54.3 Å². The van der Waals surface area contributed by atoms with Gasteiger partial charge in [-0.1, -0.05) is 30.3 Å². The number of fused-ring (bicyclic) bond motifs is 1. The number of pyridine rings is 1. The Morgan fingerprint density at radius 3 is 2.45 bits per heavy atom. The second-order valence-electron chi connectivity index (χ2n) is 6.39. The van der Waals surface area contributed by atoms with Crippen LogP contribution in [0.3, 0.4) is 0 Å². The van der Waals surface area contributed by atoms with Crippen molar-refractivity contribution in [2.45, 2.75) is 4.90 Å². The number of nitrogens with one attached hydrogen (secondary N) is 1. The van der Waals surface area contributed by atoms with Crippen molar-refractivity contribution < 1.29 is 14.0 Å². The van der Waals surface area contributed by atoms with Gasteiger partial charge in [0.25, 0.3) is 11.7 Å². The lowest BCUT2D eigenvalue weighted by molar-refractivity contribution is -0.112. The Morgan fingerprint density at radius 2 is 1.69 bits per heavy atom. The molecule has 0 saturated heterocycles. The largest absolute Gasteiger partial charge is 0.318 e. The molecule has 0 fully saturated rings. The highest BCUT2D eigenvalue weighted by molar-refractivity contribution is 7.98. The Hall–Kier alpha value is -3.38. The van der Waals surface area contributed by atoms with Crippen molar-refractivity contribution >= 4 is 34.7 Å². The number of halogens is 1. The molecule has 0 radical (unpaired) electrons. The van der Waals surface area contributed by atoms with Crippen LogP contribution in [0.15, 0.2) is 83.9 Å². The van der Waals surface area contributed by atoms with Crippen LogP contribution < -0.4 is 5.32 Å². The summed E-state index contributed by atoms with van der Waals surface area (Å²) in [6, 6.07) is 20.5. The molecule has 0 aliphatic rings. The Bertz CT molecular complexity index is 1220. The minimum absolute atomic E-state index is 0.242. The van der Waals surface area contributed by atoms with Crippen molar-refractivity contribution in [2.75, 3.05) is 11.6 Å². The Balaban J connectivity index is 1.78. The van der Waals surface area contributed by atoms with Gasteiger partial charge in [-0.3, -0.25) is 9.59 Å². The van der Waals surface area contributed by atoms with Gasteiger partial charge in [0.15, 0.2) is 0 Å². The topological polar surface area (TPSA) is 50.6 Å². The molecule has 0 aliphatic carbocycles. The fraction of sp³-hybridized carbons (Fsp3) is 0.0435. The van der Waals surface area contributed by atoms with Crippen molar-refractivity contribution in [3.8, 4) is 11.1 Å². The van der Waals surface area contributed by atoms with E-state index in [1.54, 1.807) is 40.9 Å². The maximum Gasteiger partial charge on any atom is 0.298 e. The van der Waals surface area contributed by atoms with Gasteiger partial charge in [0.2, 0.25) is 0 Å². The fourth-order valence-corrected chi connectivity index (χ4v) is 3.79. The van der Waals surface area contributed by atoms with E-state index in [0.717, 1.165) is 10.4 Å². The van der Waals surface area contributed by atoms with Gasteiger partial charge >= 0.3 is 0 Å². The summed E-state index contributed by atoms with van der Waals surface area (Å²) in [6.45, 7) is 0. The number of benzene rings is 2. The lowest BCUT2D eigenvalue weighted by Crippen LogP contribution is -2.25.